The first-order chi connectivity index (χ1) is 12.9. The lowest BCUT2D eigenvalue weighted by molar-refractivity contribution is -0.0504. The highest BCUT2D eigenvalue weighted by Gasteiger charge is 2.15. The number of aliphatic imine (C=N–C) groups is 1. The summed E-state index contributed by atoms with van der Waals surface area (Å²) in [5.74, 6) is 1.53. The van der Waals surface area contributed by atoms with E-state index in [2.05, 4.69) is 30.5 Å². The largest absolute Gasteiger partial charge is 0.433 e. The summed E-state index contributed by atoms with van der Waals surface area (Å²) in [6.45, 7) is -0.499. The highest BCUT2D eigenvalue weighted by atomic mass is 127. The van der Waals surface area contributed by atoms with E-state index in [1.807, 2.05) is 0 Å². The minimum atomic E-state index is -2.99. The maximum atomic E-state index is 12.6. The van der Waals surface area contributed by atoms with Gasteiger partial charge in [-0.25, -0.2) is 0 Å². The molecule has 0 spiro atoms. The van der Waals surface area contributed by atoms with E-state index in [1.165, 1.54) is 12.1 Å². The van der Waals surface area contributed by atoms with Crippen molar-refractivity contribution in [3.63, 3.8) is 0 Å². The van der Waals surface area contributed by atoms with E-state index in [4.69, 9.17) is 27.7 Å². The number of aromatic nitrogens is 2. The molecule has 12 heteroatoms. The molecule has 0 saturated carbocycles. The predicted octanol–water partition coefficient (Wildman–Crippen LogP) is 4.20. The van der Waals surface area contributed by atoms with Gasteiger partial charge in [0.15, 0.2) is 11.8 Å². The van der Waals surface area contributed by atoms with E-state index in [9.17, 15) is 8.78 Å². The number of rotatable bonds is 8. The van der Waals surface area contributed by atoms with E-state index in [0.29, 0.717) is 41.2 Å². The number of nitrogens with one attached hydrogen (secondary N) is 2. The molecule has 0 fully saturated rings. The van der Waals surface area contributed by atoms with E-state index in [-0.39, 0.29) is 41.3 Å². The van der Waals surface area contributed by atoms with Gasteiger partial charge in [0.1, 0.15) is 5.75 Å². The van der Waals surface area contributed by atoms with Crippen LogP contribution in [0.1, 0.15) is 23.7 Å². The zero-order valence-electron chi connectivity index (χ0n) is 15.1. The van der Waals surface area contributed by atoms with Gasteiger partial charge in [-0.2, -0.15) is 13.8 Å². The number of ether oxygens (including phenoxy) is 1. The van der Waals surface area contributed by atoms with Gasteiger partial charge in [-0.3, -0.25) is 4.99 Å². The van der Waals surface area contributed by atoms with Crippen molar-refractivity contribution in [1.82, 2.24) is 20.8 Å². The molecule has 0 unspecified atom stereocenters. The number of hydrogen-bond acceptors (Lipinski definition) is 5. The molecule has 0 amide bonds. The summed E-state index contributed by atoms with van der Waals surface area (Å²) in [4.78, 5) is 8.20. The summed E-state index contributed by atoms with van der Waals surface area (Å²) < 4.78 is 34.7. The number of benzene rings is 1. The summed E-state index contributed by atoms with van der Waals surface area (Å²) in [5.41, 5.74) is 0.386. The van der Waals surface area contributed by atoms with Crippen molar-refractivity contribution in [2.75, 3.05) is 13.6 Å². The van der Waals surface area contributed by atoms with E-state index < -0.39 is 6.61 Å². The lowest BCUT2D eigenvalue weighted by atomic mass is 10.2. The fourth-order valence-corrected chi connectivity index (χ4v) is 2.83. The van der Waals surface area contributed by atoms with Crippen LogP contribution in [0, 0.1) is 6.92 Å². The molecule has 156 valence electrons. The van der Waals surface area contributed by atoms with Crippen LogP contribution < -0.4 is 15.4 Å². The Morgan fingerprint density at radius 3 is 2.68 bits per heavy atom. The molecule has 1 heterocycles. The molecule has 7 nitrogen and oxygen atoms in total. The Kier molecular flexibility index (Phi) is 10.8. The van der Waals surface area contributed by atoms with Gasteiger partial charge in [-0.1, -0.05) is 28.4 Å². The molecule has 2 aromatic rings. The maximum absolute atomic E-state index is 12.6. The van der Waals surface area contributed by atoms with Crippen LogP contribution in [0.2, 0.25) is 10.0 Å². The Bertz CT molecular complexity index is 792. The van der Waals surface area contributed by atoms with Crippen molar-refractivity contribution >= 4 is 53.1 Å². The van der Waals surface area contributed by atoms with Gasteiger partial charge in [-0.05, 0) is 25.5 Å². The van der Waals surface area contributed by atoms with Gasteiger partial charge in [0, 0.05) is 37.1 Å². The van der Waals surface area contributed by atoms with Gasteiger partial charge in [0.05, 0.1) is 5.02 Å². The summed E-state index contributed by atoms with van der Waals surface area (Å²) in [5, 5.41) is 10.2. The third-order valence-electron chi connectivity index (χ3n) is 3.39. The molecular formula is C16H20Cl2F2IN5O2. The Morgan fingerprint density at radius 1 is 1.32 bits per heavy atom. The Hall–Kier alpha value is -1.40. The van der Waals surface area contributed by atoms with Gasteiger partial charge < -0.3 is 19.9 Å². The second kappa shape index (κ2) is 12.2. The maximum Gasteiger partial charge on any atom is 0.387 e. The summed E-state index contributed by atoms with van der Waals surface area (Å²) in [6, 6.07) is 2.85. The zero-order valence-corrected chi connectivity index (χ0v) is 19.0. The molecule has 0 saturated heterocycles. The quantitative estimate of drug-likeness (QED) is 0.222. The number of aryl methyl sites for hydroxylation is 2. The lowest BCUT2D eigenvalue weighted by Crippen LogP contribution is -2.37. The number of guanidine groups is 1. The molecule has 28 heavy (non-hydrogen) atoms. The van der Waals surface area contributed by atoms with Crippen LogP contribution in [0.5, 0.6) is 5.75 Å². The summed E-state index contributed by atoms with van der Waals surface area (Å²) in [6.07, 6.45) is 1.37. The molecule has 0 aliphatic rings. The Morgan fingerprint density at radius 2 is 2.07 bits per heavy atom. The SMILES string of the molecule is CN=C(NCCCc1nc(C)no1)NCc1cc(Cl)cc(Cl)c1OC(F)F.I. The van der Waals surface area contributed by atoms with Crippen LogP contribution in [0.25, 0.3) is 0 Å². The minimum absolute atomic E-state index is 0. The van der Waals surface area contributed by atoms with Crippen molar-refractivity contribution < 1.29 is 18.0 Å². The number of alkyl halides is 2. The third-order valence-corrected chi connectivity index (χ3v) is 3.89. The zero-order chi connectivity index (χ0) is 19.8. The van der Waals surface area contributed by atoms with Crippen LogP contribution in [0.4, 0.5) is 8.78 Å². The van der Waals surface area contributed by atoms with Crippen molar-refractivity contribution in [2.24, 2.45) is 4.99 Å². The smallest absolute Gasteiger partial charge is 0.387 e. The van der Waals surface area contributed by atoms with Crippen LogP contribution in [0.15, 0.2) is 21.6 Å². The Labute approximate surface area is 188 Å². The first-order valence-corrected chi connectivity index (χ1v) is 8.81. The third kappa shape index (κ3) is 7.92. The van der Waals surface area contributed by atoms with Crippen LogP contribution in [0.3, 0.4) is 0 Å². The fourth-order valence-electron chi connectivity index (χ4n) is 2.25. The van der Waals surface area contributed by atoms with Crippen LogP contribution >= 0.6 is 47.2 Å². The van der Waals surface area contributed by atoms with Crippen molar-refractivity contribution in [2.45, 2.75) is 32.9 Å². The van der Waals surface area contributed by atoms with Crippen molar-refractivity contribution in [1.29, 1.82) is 0 Å². The molecule has 0 radical (unpaired) electrons. The number of hydrogen-bond donors (Lipinski definition) is 2. The van der Waals surface area contributed by atoms with E-state index in [1.54, 1.807) is 14.0 Å². The lowest BCUT2D eigenvalue weighted by Gasteiger charge is -2.16. The molecular weight excluding hydrogens is 530 g/mol. The summed E-state index contributed by atoms with van der Waals surface area (Å²) >= 11 is 11.9. The average Bonchev–Trinajstić information content (AvgIpc) is 3.02. The van der Waals surface area contributed by atoms with Crippen molar-refractivity contribution in [3.05, 3.63) is 39.5 Å². The predicted molar refractivity (Wildman–Crippen MR) is 114 cm³/mol. The van der Waals surface area contributed by atoms with Crippen LogP contribution in [-0.2, 0) is 13.0 Å². The van der Waals surface area contributed by atoms with Crippen LogP contribution in [-0.4, -0.2) is 36.3 Å². The summed E-state index contributed by atoms with van der Waals surface area (Å²) in [7, 11) is 1.60. The Balaban J connectivity index is 0.00000392. The van der Waals surface area contributed by atoms with E-state index >= 15 is 0 Å². The van der Waals surface area contributed by atoms with Crippen molar-refractivity contribution in [3.8, 4) is 5.75 Å². The minimum Gasteiger partial charge on any atom is -0.433 e. The van der Waals surface area contributed by atoms with E-state index in [0.717, 1.165) is 6.42 Å². The second-order valence-corrected chi connectivity index (χ2v) is 6.29. The molecule has 0 atom stereocenters. The normalized spacial score (nSPS) is 11.3. The molecule has 0 aliphatic carbocycles. The number of halogens is 5. The molecule has 1 aromatic heterocycles. The second-order valence-electron chi connectivity index (χ2n) is 5.45. The highest BCUT2D eigenvalue weighted by molar-refractivity contribution is 14.0. The standard InChI is InChI=1S/C16H19Cl2F2N5O2.HI/c1-9-24-13(27-25-9)4-3-5-22-16(21-2)23-8-10-6-11(17)7-12(18)14(10)26-15(19)20;/h6-7,15H,3-5,8H2,1-2H3,(H2,21,22,23);1H. The van der Waals surface area contributed by atoms with Gasteiger partial charge in [0.25, 0.3) is 0 Å². The molecule has 0 bridgehead atoms. The first-order valence-electron chi connectivity index (χ1n) is 8.05. The topological polar surface area (TPSA) is 84.6 Å². The molecule has 2 N–H and O–H groups in total. The molecule has 0 aliphatic heterocycles. The molecule has 1 aromatic carbocycles. The molecule has 2 rings (SSSR count). The van der Waals surface area contributed by atoms with Gasteiger partial charge in [-0.15, -0.1) is 24.0 Å². The van der Waals surface area contributed by atoms with Gasteiger partial charge >= 0.3 is 6.61 Å². The fraction of sp³-hybridized carbons (Fsp3) is 0.438. The average molecular weight is 550 g/mol. The van der Waals surface area contributed by atoms with Gasteiger partial charge in [0.2, 0.25) is 5.89 Å². The number of nitrogens with zero attached hydrogens (tertiary/aromatic N) is 3. The monoisotopic (exact) mass is 549 g/mol. The first kappa shape index (κ1) is 24.6. The highest BCUT2D eigenvalue weighted by Crippen LogP contribution is 2.33.